The average Bonchev–Trinajstić information content (AvgIpc) is 2.61. The predicted octanol–water partition coefficient (Wildman–Crippen LogP) is 4.60. The van der Waals surface area contributed by atoms with Gasteiger partial charge in [0, 0.05) is 6.61 Å². The number of hydrogen-bond donors (Lipinski definition) is 2. The number of unbranched alkanes of at least 4 members (excludes halogenated alkanes) is 1. The number of phenolic OH excluding ortho intramolecular Hbond substituents is 1. The van der Waals surface area contributed by atoms with Gasteiger partial charge in [0.15, 0.2) is 0 Å². The van der Waals surface area contributed by atoms with Crippen LogP contribution in [0.2, 0.25) is 0 Å². The van der Waals surface area contributed by atoms with Crippen LogP contribution < -0.4 is 0 Å². The third kappa shape index (κ3) is 3.08. The Morgan fingerprint density at radius 2 is 1.21 bits per heavy atom. The maximum Gasteiger partial charge on any atom is 0.116 e. The highest BCUT2D eigenvalue weighted by atomic mass is 16.3. The van der Waals surface area contributed by atoms with Gasteiger partial charge in [-0.3, -0.25) is 0 Å². The zero-order valence-electron chi connectivity index (χ0n) is 14.9. The molecule has 24 heavy (non-hydrogen) atoms. The molecule has 2 N–H and O–H groups in total. The van der Waals surface area contributed by atoms with Crippen LogP contribution in [0, 0.1) is 0 Å². The van der Waals surface area contributed by atoms with Gasteiger partial charge >= 0.3 is 0 Å². The second kappa shape index (κ2) is 7.40. The van der Waals surface area contributed by atoms with Crippen molar-refractivity contribution in [3.63, 3.8) is 0 Å². The molecule has 0 amide bonds. The number of aryl methyl sites for hydroxylation is 5. The molecule has 2 nitrogen and oxygen atoms in total. The molecule has 2 aliphatic rings. The number of phenols is 1. The number of rotatable bonds is 4. The van der Waals surface area contributed by atoms with Crippen molar-refractivity contribution < 1.29 is 10.2 Å². The third-order valence-electron chi connectivity index (χ3n) is 5.10. The van der Waals surface area contributed by atoms with E-state index in [9.17, 15) is 5.11 Å². The van der Waals surface area contributed by atoms with Crippen LogP contribution in [0.15, 0.2) is 24.3 Å². The molecule has 128 valence electrons. The van der Waals surface area contributed by atoms with Crippen LogP contribution in [0.25, 0.3) is 11.1 Å². The zero-order chi connectivity index (χ0) is 17.1. The molecule has 0 bridgehead atoms. The second-order valence-electron chi connectivity index (χ2n) is 6.61. The van der Waals surface area contributed by atoms with Gasteiger partial charge in [0.05, 0.1) is 0 Å². The maximum atomic E-state index is 9.91. The summed E-state index contributed by atoms with van der Waals surface area (Å²) in [6.07, 6.45) is 7.23. The monoisotopic (exact) mass is 324 g/mol. The van der Waals surface area contributed by atoms with Crippen molar-refractivity contribution >= 4 is 0 Å². The van der Waals surface area contributed by atoms with E-state index in [0.29, 0.717) is 5.75 Å². The summed E-state index contributed by atoms with van der Waals surface area (Å²) in [5.41, 5.74) is 9.88. The minimum Gasteiger partial charge on any atom is -0.508 e. The Bertz CT molecular complexity index is 681. The molecule has 0 aliphatic heterocycles. The predicted molar refractivity (Wildman–Crippen MR) is 99.7 cm³/mol. The van der Waals surface area contributed by atoms with Crippen molar-refractivity contribution in [2.45, 2.75) is 58.8 Å². The highest BCUT2D eigenvalue weighted by Gasteiger charge is 2.26. The smallest absolute Gasteiger partial charge is 0.116 e. The number of benzene rings is 2. The van der Waals surface area contributed by atoms with Crippen molar-refractivity contribution in [3.05, 3.63) is 52.1 Å². The molecule has 0 heterocycles. The van der Waals surface area contributed by atoms with Crippen LogP contribution in [0.4, 0.5) is 0 Å². The first-order chi connectivity index (χ1) is 11.8. The molecule has 0 radical (unpaired) electrons. The van der Waals surface area contributed by atoms with Gasteiger partial charge in [-0.2, -0.15) is 0 Å². The van der Waals surface area contributed by atoms with Crippen LogP contribution in [0.5, 0.6) is 5.75 Å². The van der Waals surface area contributed by atoms with E-state index < -0.39 is 0 Å². The lowest BCUT2D eigenvalue weighted by atomic mass is 9.74. The first-order valence-corrected chi connectivity index (χ1v) is 9.37. The lowest BCUT2D eigenvalue weighted by molar-refractivity contribution is 0.284. The number of aliphatic hydroxyl groups excluding tert-OH is 1. The van der Waals surface area contributed by atoms with Gasteiger partial charge in [0.1, 0.15) is 5.75 Å². The Balaban J connectivity index is 0.000000815. The van der Waals surface area contributed by atoms with Gasteiger partial charge in [-0.25, -0.2) is 0 Å². The van der Waals surface area contributed by atoms with Gasteiger partial charge < -0.3 is 10.2 Å². The zero-order valence-corrected chi connectivity index (χ0v) is 14.9. The summed E-state index contributed by atoms with van der Waals surface area (Å²) in [4.78, 5) is 0. The van der Waals surface area contributed by atoms with Crippen LogP contribution in [0.1, 0.15) is 54.5 Å². The largest absolute Gasteiger partial charge is 0.508 e. The molecule has 2 aliphatic carbocycles. The Hall–Kier alpha value is -1.80. The summed E-state index contributed by atoms with van der Waals surface area (Å²) in [5, 5.41) is 18.9. The SMILES string of the molecule is CC.OCCCCc1cc2c3c(c1)CCc1cc(O)cc(c1-3)CC2. The van der Waals surface area contributed by atoms with E-state index in [1.807, 2.05) is 26.0 Å². The van der Waals surface area contributed by atoms with E-state index in [1.165, 1.54) is 38.9 Å². The highest BCUT2D eigenvalue weighted by molar-refractivity contribution is 5.81. The third-order valence-corrected chi connectivity index (χ3v) is 5.10. The van der Waals surface area contributed by atoms with Crippen molar-refractivity contribution in [1.29, 1.82) is 0 Å². The summed E-state index contributed by atoms with van der Waals surface area (Å²) < 4.78 is 0. The van der Waals surface area contributed by atoms with Gasteiger partial charge in [-0.15, -0.1) is 0 Å². The topological polar surface area (TPSA) is 40.5 Å². The summed E-state index contributed by atoms with van der Waals surface area (Å²) in [7, 11) is 0. The molecule has 0 fully saturated rings. The van der Waals surface area contributed by atoms with Gasteiger partial charge in [-0.1, -0.05) is 26.0 Å². The highest BCUT2D eigenvalue weighted by Crippen LogP contribution is 2.44. The fourth-order valence-corrected chi connectivity index (χ4v) is 4.14. The van der Waals surface area contributed by atoms with Gasteiger partial charge in [0.2, 0.25) is 0 Å². The average molecular weight is 324 g/mol. The summed E-state index contributed by atoms with van der Waals surface area (Å²) in [5.74, 6) is 0.418. The van der Waals surface area contributed by atoms with Crippen molar-refractivity contribution in [2.24, 2.45) is 0 Å². The molecule has 2 aromatic carbocycles. The molecule has 2 aromatic rings. The fraction of sp³-hybridized carbons (Fsp3) is 0.455. The minimum absolute atomic E-state index is 0.290. The van der Waals surface area contributed by atoms with Gasteiger partial charge in [0.25, 0.3) is 0 Å². The fourth-order valence-electron chi connectivity index (χ4n) is 4.14. The standard InChI is InChI=1S/C20H22O2.C2H6/c21-8-2-1-3-13-9-14-4-6-16-11-18(22)12-17-7-5-15(10-13)19(14)20(16)17;1-2/h9-12,21-22H,1-8H2;1-2H3. The van der Waals surface area contributed by atoms with E-state index in [4.69, 9.17) is 5.11 Å². The quantitative estimate of drug-likeness (QED) is 0.807. The Kier molecular flexibility index (Phi) is 5.25. The number of aliphatic hydroxyl groups is 1. The van der Waals surface area contributed by atoms with E-state index in [-0.39, 0.29) is 6.61 Å². The molecular formula is C22H28O2. The van der Waals surface area contributed by atoms with Crippen LogP contribution in [-0.4, -0.2) is 16.8 Å². The first kappa shape index (κ1) is 17.0. The van der Waals surface area contributed by atoms with E-state index in [2.05, 4.69) is 12.1 Å². The molecule has 0 unspecified atom stereocenters. The lowest BCUT2D eigenvalue weighted by Crippen LogP contribution is -2.14. The summed E-state index contributed by atoms with van der Waals surface area (Å²) in [6, 6.07) is 8.65. The molecule has 0 aromatic heterocycles. The first-order valence-electron chi connectivity index (χ1n) is 9.37. The van der Waals surface area contributed by atoms with E-state index >= 15 is 0 Å². The molecule has 2 heteroatoms. The number of aromatic hydroxyl groups is 1. The maximum absolute atomic E-state index is 9.91. The molecule has 0 saturated carbocycles. The summed E-state index contributed by atoms with van der Waals surface area (Å²) in [6.45, 7) is 4.29. The van der Waals surface area contributed by atoms with Crippen molar-refractivity contribution in [2.75, 3.05) is 6.61 Å². The van der Waals surface area contributed by atoms with E-state index in [1.54, 1.807) is 0 Å². The molecule has 0 atom stereocenters. The van der Waals surface area contributed by atoms with Crippen LogP contribution >= 0.6 is 0 Å². The Labute approximate surface area is 145 Å². The lowest BCUT2D eigenvalue weighted by Gasteiger charge is -2.30. The molecular weight excluding hydrogens is 296 g/mol. The summed E-state index contributed by atoms with van der Waals surface area (Å²) >= 11 is 0. The van der Waals surface area contributed by atoms with Crippen molar-refractivity contribution in [1.82, 2.24) is 0 Å². The van der Waals surface area contributed by atoms with Crippen LogP contribution in [0.3, 0.4) is 0 Å². The Morgan fingerprint density at radius 3 is 1.67 bits per heavy atom. The minimum atomic E-state index is 0.290. The van der Waals surface area contributed by atoms with Gasteiger partial charge in [-0.05, 0) is 96.0 Å². The van der Waals surface area contributed by atoms with Crippen molar-refractivity contribution in [3.8, 4) is 16.9 Å². The normalized spacial score (nSPS) is 13.8. The molecule has 4 rings (SSSR count). The van der Waals surface area contributed by atoms with E-state index in [0.717, 1.165) is 44.9 Å². The van der Waals surface area contributed by atoms with Crippen LogP contribution in [-0.2, 0) is 32.1 Å². The Morgan fingerprint density at radius 1 is 0.750 bits per heavy atom. The number of hydrogen-bond acceptors (Lipinski definition) is 2. The molecule has 0 spiro atoms. The molecule has 0 saturated heterocycles. The second-order valence-corrected chi connectivity index (χ2v) is 6.61.